The van der Waals surface area contributed by atoms with Crippen molar-refractivity contribution in [1.29, 1.82) is 0 Å². The molecule has 1 aliphatic rings. The predicted molar refractivity (Wildman–Crippen MR) is 68.6 cm³/mol. The number of aliphatic hydroxyl groups is 1. The van der Waals surface area contributed by atoms with E-state index in [9.17, 15) is 8.42 Å². The maximum absolute atomic E-state index is 11.9. The quantitative estimate of drug-likeness (QED) is 0.873. The lowest BCUT2D eigenvalue weighted by molar-refractivity contribution is 0.294. The van der Waals surface area contributed by atoms with Crippen molar-refractivity contribution < 1.29 is 13.5 Å². The summed E-state index contributed by atoms with van der Waals surface area (Å²) in [5.41, 5.74) is 1.11. The van der Waals surface area contributed by atoms with Gasteiger partial charge in [-0.05, 0) is 43.2 Å². The van der Waals surface area contributed by atoms with E-state index in [4.69, 9.17) is 5.11 Å². The molecule has 0 spiro atoms. The topological polar surface area (TPSA) is 66.4 Å². The van der Waals surface area contributed by atoms with Gasteiger partial charge in [-0.2, -0.15) is 0 Å². The Bertz CT molecular complexity index is 481. The molecule has 0 saturated carbocycles. The Hall–Kier alpha value is -0.430. The number of fused-ring (bicyclic) bond motifs is 1. The third-order valence-corrected chi connectivity index (χ3v) is 5.96. The number of nitrogens with one attached hydrogen (secondary N) is 1. The number of thiophene rings is 1. The normalized spacial score (nSPS) is 22.1. The summed E-state index contributed by atoms with van der Waals surface area (Å²) in [7, 11) is -3.43. The first kappa shape index (κ1) is 13.0. The molecule has 0 radical (unpaired) electrons. The van der Waals surface area contributed by atoms with E-state index in [-0.39, 0.29) is 12.6 Å². The summed E-state index contributed by atoms with van der Waals surface area (Å²) >= 11 is 1.69. The molecule has 4 nitrogen and oxygen atoms in total. The molecule has 0 bridgehead atoms. The van der Waals surface area contributed by atoms with Gasteiger partial charge in [0.25, 0.3) is 0 Å². The van der Waals surface area contributed by atoms with Crippen LogP contribution in [0.25, 0.3) is 0 Å². The van der Waals surface area contributed by atoms with Crippen LogP contribution in [0.15, 0.2) is 11.4 Å². The van der Waals surface area contributed by atoms with Crippen LogP contribution in [0.2, 0.25) is 0 Å². The van der Waals surface area contributed by atoms with Gasteiger partial charge < -0.3 is 5.11 Å². The van der Waals surface area contributed by atoms with E-state index in [0.29, 0.717) is 0 Å². The van der Waals surface area contributed by atoms with Crippen molar-refractivity contribution in [3.8, 4) is 0 Å². The molecular weight excluding hydrogens is 258 g/mol. The van der Waals surface area contributed by atoms with E-state index >= 15 is 0 Å². The van der Waals surface area contributed by atoms with E-state index in [2.05, 4.69) is 4.72 Å². The Kier molecular flexibility index (Phi) is 3.87. The molecule has 2 atom stereocenters. The molecule has 1 aliphatic carbocycles. The van der Waals surface area contributed by atoms with Gasteiger partial charge in [-0.3, -0.25) is 0 Å². The van der Waals surface area contributed by atoms with Crippen molar-refractivity contribution in [1.82, 2.24) is 4.72 Å². The van der Waals surface area contributed by atoms with Crippen LogP contribution in [0.4, 0.5) is 0 Å². The molecule has 0 fully saturated rings. The highest BCUT2D eigenvalue weighted by atomic mass is 32.2. The molecule has 1 aromatic rings. The molecule has 96 valence electrons. The molecule has 2 rings (SSSR count). The van der Waals surface area contributed by atoms with E-state index in [1.54, 1.807) is 11.3 Å². The van der Waals surface area contributed by atoms with E-state index in [0.717, 1.165) is 24.8 Å². The van der Waals surface area contributed by atoms with Gasteiger partial charge in [-0.1, -0.05) is 0 Å². The van der Waals surface area contributed by atoms with Gasteiger partial charge >= 0.3 is 0 Å². The van der Waals surface area contributed by atoms with Gasteiger partial charge in [0, 0.05) is 10.9 Å². The van der Waals surface area contributed by atoms with Crippen molar-refractivity contribution in [3.05, 3.63) is 21.9 Å². The zero-order chi connectivity index (χ0) is 12.5. The highest BCUT2D eigenvalue weighted by molar-refractivity contribution is 7.90. The summed E-state index contributed by atoms with van der Waals surface area (Å²) in [5, 5.41) is 10.2. The molecule has 2 N–H and O–H groups in total. The lowest BCUT2D eigenvalue weighted by Crippen LogP contribution is -2.38. The third-order valence-electron chi connectivity index (χ3n) is 3.15. The smallest absolute Gasteiger partial charge is 0.217 e. The van der Waals surface area contributed by atoms with Crippen LogP contribution in [0, 0.1) is 0 Å². The van der Waals surface area contributed by atoms with Gasteiger partial charge in [-0.15, -0.1) is 11.3 Å². The highest BCUT2D eigenvalue weighted by Gasteiger charge is 2.28. The summed E-state index contributed by atoms with van der Waals surface area (Å²) in [6.07, 6.45) is 2.89. The largest absolute Gasteiger partial charge is 0.395 e. The van der Waals surface area contributed by atoms with Crippen LogP contribution in [-0.4, -0.2) is 25.4 Å². The van der Waals surface area contributed by atoms with Crippen LogP contribution in [0.3, 0.4) is 0 Å². The van der Waals surface area contributed by atoms with Gasteiger partial charge in [0.05, 0.1) is 11.9 Å². The van der Waals surface area contributed by atoms with Crippen molar-refractivity contribution in [2.45, 2.75) is 37.5 Å². The lowest BCUT2D eigenvalue weighted by atomic mass is 9.95. The number of sulfonamides is 1. The monoisotopic (exact) mass is 275 g/mol. The fourth-order valence-corrected chi connectivity index (χ4v) is 4.08. The molecule has 1 heterocycles. The summed E-state index contributed by atoms with van der Waals surface area (Å²) in [5.74, 6) is 0. The first-order valence-electron chi connectivity index (χ1n) is 5.73. The average molecular weight is 275 g/mol. The molecule has 1 aromatic heterocycles. The number of rotatable bonds is 4. The molecule has 6 heteroatoms. The maximum Gasteiger partial charge on any atom is 0.217 e. The minimum absolute atomic E-state index is 0.121. The van der Waals surface area contributed by atoms with Crippen LogP contribution < -0.4 is 4.72 Å². The van der Waals surface area contributed by atoms with Crippen LogP contribution >= 0.6 is 11.3 Å². The fraction of sp³-hybridized carbons (Fsp3) is 0.636. The predicted octanol–water partition coefficient (Wildman–Crippen LogP) is 1.43. The Morgan fingerprint density at radius 3 is 3.12 bits per heavy atom. The van der Waals surface area contributed by atoms with Crippen LogP contribution in [-0.2, 0) is 16.4 Å². The van der Waals surface area contributed by atoms with Crippen molar-refractivity contribution in [2.24, 2.45) is 0 Å². The van der Waals surface area contributed by atoms with Gasteiger partial charge in [0.1, 0.15) is 0 Å². The molecule has 2 unspecified atom stereocenters. The van der Waals surface area contributed by atoms with E-state index in [1.807, 2.05) is 11.4 Å². The van der Waals surface area contributed by atoms with Gasteiger partial charge in [0.2, 0.25) is 10.0 Å². The SMILES string of the molecule is CC(CO)S(=O)(=O)NC1CCCc2sccc21. The van der Waals surface area contributed by atoms with Crippen molar-refractivity contribution in [3.63, 3.8) is 0 Å². The van der Waals surface area contributed by atoms with E-state index < -0.39 is 15.3 Å². The molecule has 0 saturated heterocycles. The number of hydrogen-bond donors (Lipinski definition) is 2. The minimum atomic E-state index is -3.43. The first-order valence-corrected chi connectivity index (χ1v) is 8.15. The Balaban J connectivity index is 2.17. The summed E-state index contributed by atoms with van der Waals surface area (Å²) in [6.45, 7) is 1.16. The average Bonchev–Trinajstić information content (AvgIpc) is 2.76. The Labute approximate surface area is 106 Å². The molecule has 17 heavy (non-hydrogen) atoms. The zero-order valence-electron chi connectivity index (χ0n) is 9.72. The minimum Gasteiger partial charge on any atom is -0.395 e. The fourth-order valence-electron chi connectivity index (χ4n) is 2.02. The summed E-state index contributed by atoms with van der Waals surface area (Å²) in [6, 6.07) is 1.87. The van der Waals surface area contributed by atoms with Gasteiger partial charge in [0.15, 0.2) is 0 Å². The maximum atomic E-state index is 11.9. The van der Waals surface area contributed by atoms with Gasteiger partial charge in [-0.25, -0.2) is 13.1 Å². The molecule has 0 aromatic carbocycles. The zero-order valence-corrected chi connectivity index (χ0v) is 11.4. The van der Waals surface area contributed by atoms with Crippen LogP contribution in [0.1, 0.15) is 36.2 Å². The first-order chi connectivity index (χ1) is 8.04. The van der Waals surface area contributed by atoms with Crippen molar-refractivity contribution >= 4 is 21.4 Å². The second-order valence-corrected chi connectivity index (χ2v) is 7.53. The number of hydrogen-bond acceptors (Lipinski definition) is 4. The lowest BCUT2D eigenvalue weighted by Gasteiger charge is -2.24. The second-order valence-electron chi connectivity index (χ2n) is 4.40. The van der Waals surface area contributed by atoms with Crippen LogP contribution in [0.5, 0.6) is 0 Å². The summed E-state index contributed by atoms with van der Waals surface area (Å²) < 4.78 is 26.5. The van der Waals surface area contributed by atoms with E-state index in [1.165, 1.54) is 11.8 Å². The summed E-state index contributed by atoms with van der Waals surface area (Å²) in [4.78, 5) is 1.28. The molecule has 0 aliphatic heterocycles. The second kappa shape index (κ2) is 5.06. The third kappa shape index (κ3) is 2.70. The van der Waals surface area contributed by atoms with Crippen molar-refractivity contribution in [2.75, 3.05) is 6.61 Å². The highest BCUT2D eigenvalue weighted by Crippen LogP contribution is 2.33. The standard InChI is InChI=1S/C11H17NO3S2/c1-8(7-13)17(14,15)12-10-3-2-4-11-9(10)5-6-16-11/h5-6,8,10,12-13H,2-4,7H2,1H3. The Morgan fingerprint density at radius 2 is 2.41 bits per heavy atom. The molecule has 0 amide bonds. The Morgan fingerprint density at radius 1 is 1.65 bits per heavy atom. The number of aryl methyl sites for hydroxylation is 1. The number of aliphatic hydroxyl groups excluding tert-OH is 1. The molecular formula is C11H17NO3S2.